The first-order chi connectivity index (χ1) is 18.0. The van der Waals surface area contributed by atoms with E-state index in [1.165, 1.54) is 34.1 Å². The maximum Gasteiger partial charge on any atom is 0.274 e. The molecule has 4 heterocycles. The highest BCUT2D eigenvalue weighted by atomic mass is 35.5. The van der Waals surface area contributed by atoms with Gasteiger partial charge in [-0.3, -0.25) is 4.90 Å². The van der Waals surface area contributed by atoms with E-state index in [4.69, 9.17) is 26.1 Å². The van der Waals surface area contributed by atoms with Gasteiger partial charge in [0, 0.05) is 35.7 Å². The maximum atomic E-state index is 14.0. The Kier molecular flexibility index (Phi) is 6.99. The van der Waals surface area contributed by atoms with E-state index in [9.17, 15) is 4.39 Å². The summed E-state index contributed by atoms with van der Waals surface area (Å²) in [7, 11) is 0. The molecule has 2 aliphatic heterocycles. The summed E-state index contributed by atoms with van der Waals surface area (Å²) in [5.41, 5.74) is 6.07. The smallest absolute Gasteiger partial charge is 0.274 e. The van der Waals surface area contributed by atoms with Gasteiger partial charge >= 0.3 is 0 Å². The molecule has 37 heavy (non-hydrogen) atoms. The highest BCUT2D eigenvalue weighted by Crippen LogP contribution is 2.29. The summed E-state index contributed by atoms with van der Waals surface area (Å²) in [5.74, 6) is 0.718. The van der Waals surface area contributed by atoms with Crippen molar-refractivity contribution in [1.29, 1.82) is 0 Å². The van der Waals surface area contributed by atoms with Gasteiger partial charge in [-0.2, -0.15) is 0 Å². The molecule has 4 aromatic rings. The SMILES string of the molecule is Cc1ccc2nc(CN3CC=C(c4csc(OCc5ccc(Cl)cc5F)n4)CC3)n(CC3CCO3)c2c1. The van der Waals surface area contributed by atoms with E-state index in [0.717, 1.165) is 62.7 Å². The van der Waals surface area contributed by atoms with Gasteiger partial charge in [-0.05, 0) is 55.2 Å². The number of hydrogen-bond donors (Lipinski definition) is 0. The lowest BCUT2D eigenvalue weighted by atomic mass is 10.1. The third kappa shape index (κ3) is 5.43. The molecular formula is C28H28ClFN4O2S. The van der Waals surface area contributed by atoms with Crippen LogP contribution in [0.15, 0.2) is 47.9 Å². The number of rotatable bonds is 8. The van der Waals surface area contributed by atoms with Crippen molar-refractivity contribution in [3.8, 4) is 5.19 Å². The molecule has 0 aliphatic carbocycles. The Bertz CT molecular complexity index is 1460. The standard InChI is InChI=1S/C28H28ClFN4O2S/c1-18-2-5-24-26(12-18)34(14-22-8-11-35-22)27(31-24)15-33-9-6-19(7-10-33)25-17-37-28(32-25)36-16-20-3-4-21(29)13-23(20)30/h2-6,12-13,17,22H,7-11,14-16H2,1H3. The van der Waals surface area contributed by atoms with Crippen LogP contribution in [0.25, 0.3) is 16.6 Å². The number of aryl methyl sites for hydroxylation is 1. The fourth-order valence-corrected chi connectivity index (χ4v) is 5.63. The molecule has 0 N–H and O–H groups in total. The third-order valence-electron chi connectivity index (χ3n) is 7.00. The number of benzene rings is 2. The third-order valence-corrected chi connectivity index (χ3v) is 7.99. The Morgan fingerprint density at radius 3 is 2.86 bits per heavy atom. The Morgan fingerprint density at radius 2 is 2.11 bits per heavy atom. The van der Waals surface area contributed by atoms with Gasteiger partial charge in [-0.1, -0.05) is 41.1 Å². The van der Waals surface area contributed by atoms with Crippen LogP contribution < -0.4 is 4.74 Å². The predicted octanol–water partition coefficient (Wildman–Crippen LogP) is 6.25. The summed E-state index contributed by atoms with van der Waals surface area (Å²) >= 11 is 7.26. The van der Waals surface area contributed by atoms with Crippen molar-refractivity contribution in [3.05, 3.63) is 81.3 Å². The Balaban J connectivity index is 1.11. The van der Waals surface area contributed by atoms with Crippen LogP contribution in [0, 0.1) is 12.7 Å². The molecule has 1 saturated heterocycles. The molecule has 2 aliphatic rings. The van der Waals surface area contributed by atoms with Crippen molar-refractivity contribution in [2.75, 3.05) is 19.7 Å². The zero-order chi connectivity index (χ0) is 25.4. The number of imidazole rings is 1. The summed E-state index contributed by atoms with van der Waals surface area (Å²) in [6.45, 7) is 6.51. The van der Waals surface area contributed by atoms with E-state index >= 15 is 0 Å². The van der Waals surface area contributed by atoms with Gasteiger partial charge in [0.1, 0.15) is 18.2 Å². The van der Waals surface area contributed by atoms with Crippen LogP contribution in [0.2, 0.25) is 5.02 Å². The van der Waals surface area contributed by atoms with Crippen LogP contribution in [0.1, 0.15) is 35.5 Å². The van der Waals surface area contributed by atoms with Gasteiger partial charge in [-0.25, -0.2) is 14.4 Å². The minimum atomic E-state index is -0.372. The fourth-order valence-electron chi connectivity index (χ4n) is 4.78. The molecule has 0 radical (unpaired) electrons. The molecule has 0 bridgehead atoms. The first kappa shape index (κ1) is 24.6. The van der Waals surface area contributed by atoms with E-state index in [-0.39, 0.29) is 18.5 Å². The highest BCUT2D eigenvalue weighted by molar-refractivity contribution is 7.11. The van der Waals surface area contributed by atoms with Crippen molar-refractivity contribution in [3.63, 3.8) is 0 Å². The minimum absolute atomic E-state index is 0.120. The Labute approximate surface area is 224 Å². The molecule has 1 unspecified atom stereocenters. The van der Waals surface area contributed by atoms with Crippen LogP contribution >= 0.6 is 22.9 Å². The molecule has 2 aromatic heterocycles. The van der Waals surface area contributed by atoms with Crippen LogP contribution in [-0.4, -0.2) is 45.2 Å². The molecule has 6 rings (SSSR count). The van der Waals surface area contributed by atoms with Crippen molar-refractivity contribution in [2.24, 2.45) is 0 Å². The first-order valence-electron chi connectivity index (χ1n) is 12.5. The van der Waals surface area contributed by atoms with Crippen LogP contribution in [0.3, 0.4) is 0 Å². The number of fused-ring (bicyclic) bond motifs is 1. The monoisotopic (exact) mass is 538 g/mol. The molecule has 1 fully saturated rings. The molecule has 9 heteroatoms. The fraction of sp³-hybridized carbons (Fsp3) is 0.357. The van der Waals surface area contributed by atoms with Gasteiger partial charge < -0.3 is 14.0 Å². The summed E-state index contributed by atoms with van der Waals surface area (Å²) in [6, 6.07) is 11.1. The van der Waals surface area contributed by atoms with Crippen molar-refractivity contribution >= 4 is 39.5 Å². The summed E-state index contributed by atoms with van der Waals surface area (Å²) in [4.78, 5) is 12.0. The quantitative estimate of drug-likeness (QED) is 0.265. The molecule has 2 aromatic carbocycles. The number of nitrogens with zero attached hydrogens (tertiary/aromatic N) is 4. The van der Waals surface area contributed by atoms with Crippen molar-refractivity contribution in [2.45, 2.75) is 45.6 Å². The summed E-state index contributed by atoms with van der Waals surface area (Å²) < 4.78 is 27.8. The largest absolute Gasteiger partial charge is 0.465 e. The Morgan fingerprint density at radius 1 is 1.22 bits per heavy atom. The van der Waals surface area contributed by atoms with Gasteiger partial charge in [0.25, 0.3) is 5.19 Å². The van der Waals surface area contributed by atoms with Gasteiger partial charge in [0.2, 0.25) is 0 Å². The molecule has 6 nitrogen and oxygen atoms in total. The minimum Gasteiger partial charge on any atom is -0.465 e. The lowest BCUT2D eigenvalue weighted by molar-refractivity contribution is -0.0591. The van der Waals surface area contributed by atoms with E-state index < -0.39 is 0 Å². The molecule has 0 saturated carbocycles. The molecule has 0 spiro atoms. The first-order valence-corrected chi connectivity index (χ1v) is 13.8. The Hall–Kier alpha value is -2.78. The van der Waals surface area contributed by atoms with Gasteiger partial charge in [-0.15, -0.1) is 0 Å². The molecule has 1 atom stereocenters. The molecular weight excluding hydrogens is 511 g/mol. The number of ether oxygens (including phenoxy) is 2. The van der Waals surface area contributed by atoms with Crippen molar-refractivity contribution < 1.29 is 13.9 Å². The predicted molar refractivity (Wildman–Crippen MR) is 145 cm³/mol. The van der Waals surface area contributed by atoms with E-state index in [2.05, 4.69) is 45.6 Å². The zero-order valence-corrected chi connectivity index (χ0v) is 22.2. The number of thiazole rings is 1. The number of halogens is 2. The highest BCUT2D eigenvalue weighted by Gasteiger charge is 2.23. The van der Waals surface area contributed by atoms with Crippen LogP contribution in [-0.2, 0) is 24.4 Å². The molecule has 192 valence electrons. The lowest BCUT2D eigenvalue weighted by Gasteiger charge is -2.29. The van der Waals surface area contributed by atoms with Gasteiger partial charge in [0.05, 0.1) is 35.9 Å². The normalized spacial score (nSPS) is 18.1. The van der Waals surface area contributed by atoms with E-state index in [1.807, 2.05) is 5.38 Å². The topological polar surface area (TPSA) is 52.4 Å². The average Bonchev–Trinajstić information content (AvgIpc) is 3.46. The van der Waals surface area contributed by atoms with E-state index in [0.29, 0.717) is 15.8 Å². The number of hydrogen-bond acceptors (Lipinski definition) is 6. The second kappa shape index (κ2) is 10.5. The second-order valence-corrected chi connectivity index (χ2v) is 10.9. The van der Waals surface area contributed by atoms with Gasteiger partial charge in [0.15, 0.2) is 0 Å². The number of aromatic nitrogens is 3. The molecule has 0 amide bonds. The van der Waals surface area contributed by atoms with E-state index in [1.54, 1.807) is 12.1 Å². The summed E-state index contributed by atoms with van der Waals surface area (Å²) in [5, 5.41) is 2.92. The lowest BCUT2D eigenvalue weighted by Crippen LogP contribution is -2.33. The maximum absolute atomic E-state index is 14.0. The van der Waals surface area contributed by atoms with Crippen LogP contribution in [0.4, 0.5) is 4.39 Å². The zero-order valence-electron chi connectivity index (χ0n) is 20.6. The second-order valence-electron chi connectivity index (χ2n) is 9.65. The average molecular weight is 539 g/mol. The van der Waals surface area contributed by atoms with Crippen molar-refractivity contribution in [1.82, 2.24) is 19.4 Å². The summed E-state index contributed by atoms with van der Waals surface area (Å²) in [6.07, 6.45) is 4.53. The van der Waals surface area contributed by atoms with Crippen LogP contribution in [0.5, 0.6) is 5.19 Å².